The van der Waals surface area contributed by atoms with Crippen molar-refractivity contribution in [2.45, 2.75) is 32.5 Å². The molecule has 0 radical (unpaired) electrons. The molecule has 0 fully saturated rings. The second kappa shape index (κ2) is 12.7. The minimum atomic E-state index is -4.46. The number of benzene rings is 3. The third-order valence-corrected chi connectivity index (χ3v) is 6.13. The van der Waals surface area contributed by atoms with E-state index in [1.54, 1.807) is 48.5 Å². The van der Waals surface area contributed by atoms with Crippen molar-refractivity contribution in [1.29, 1.82) is 0 Å². The summed E-state index contributed by atoms with van der Waals surface area (Å²) in [7, 11) is 0. The summed E-state index contributed by atoms with van der Waals surface area (Å²) in [5.41, 5.74) is 1.58. The standard InChI is InChI=1S/C28H28ClF3N2O4/c1-17(2)25(34-21-8-3-19(4-9-21)27(37)33-14-13-26(35)36)16-38-22-10-5-18(6-11-22)23-12-7-20(15-24(23)29)28(30,31)32/h3-12,15,17,25,34H,13-14,16H2,1-2H3,(H,33,37)(H,35,36). The van der Waals surface area contributed by atoms with Crippen molar-refractivity contribution in [3.05, 3.63) is 82.9 Å². The fourth-order valence-corrected chi connectivity index (χ4v) is 3.85. The average molecular weight is 549 g/mol. The van der Waals surface area contributed by atoms with Crippen LogP contribution in [-0.2, 0) is 11.0 Å². The second-order valence-corrected chi connectivity index (χ2v) is 9.41. The first-order chi connectivity index (χ1) is 17.9. The molecule has 0 spiro atoms. The lowest BCUT2D eigenvalue weighted by Crippen LogP contribution is -2.32. The number of hydrogen-bond acceptors (Lipinski definition) is 4. The zero-order chi connectivity index (χ0) is 27.9. The highest BCUT2D eigenvalue weighted by Gasteiger charge is 2.31. The van der Waals surface area contributed by atoms with E-state index in [2.05, 4.69) is 10.6 Å². The van der Waals surface area contributed by atoms with Crippen LogP contribution in [0.2, 0.25) is 5.02 Å². The Morgan fingerprint density at radius 1 is 1.00 bits per heavy atom. The van der Waals surface area contributed by atoms with Gasteiger partial charge < -0.3 is 20.5 Å². The minimum Gasteiger partial charge on any atom is -0.491 e. The van der Waals surface area contributed by atoms with E-state index in [0.717, 1.165) is 17.8 Å². The van der Waals surface area contributed by atoms with Crippen LogP contribution in [0.3, 0.4) is 0 Å². The average Bonchev–Trinajstić information content (AvgIpc) is 2.86. The zero-order valence-electron chi connectivity index (χ0n) is 20.8. The Kier molecular flexibility index (Phi) is 9.63. The van der Waals surface area contributed by atoms with Crippen LogP contribution in [0.15, 0.2) is 66.7 Å². The summed E-state index contributed by atoms with van der Waals surface area (Å²) in [6.07, 6.45) is -4.60. The van der Waals surface area contributed by atoms with Crippen LogP contribution >= 0.6 is 11.6 Å². The first-order valence-electron chi connectivity index (χ1n) is 11.9. The highest BCUT2D eigenvalue weighted by molar-refractivity contribution is 6.33. The Hall–Kier alpha value is -3.72. The highest BCUT2D eigenvalue weighted by atomic mass is 35.5. The zero-order valence-corrected chi connectivity index (χ0v) is 21.6. The molecule has 3 rings (SSSR count). The molecule has 0 aromatic heterocycles. The number of hydrogen-bond donors (Lipinski definition) is 3. The molecule has 1 atom stereocenters. The molecule has 3 N–H and O–H groups in total. The van der Waals surface area contributed by atoms with E-state index in [-0.39, 0.29) is 35.9 Å². The van der Waals surface area contributed by atoms with Crippen molar-refractivity contribution in [3.8, 4) is 16.9 Å². The molecular weight excluding hydrogens is 521 g/mol. The lowest BCUT2D eigenvalue weighted by molar-refractivity contribution is -0.138. The number of amides is 1. The van der Waals surface area contributed by atoms with Gasteiger partial charge >= 0.3 is 12.1 Å². The van der Waals surface area contributed by atoms with Gasteiger partial charge in [-0.1, -0.05) is 43.6 Å². The van der Waals surface area contributed by atoms with Gasteiger partial charge in [0.05, 0.1) is 18.0 Å². The van der Waals surface area contributed by atoms with Gasteiger partial charge in [0.15, 0.2) is 0 Å². The number of anilines is 1. The van der Waals surface area contributed by atoms with Crippen LogP contribution in [0.25, 0.3) is 11.1 Å². The van der Waals surface area contributed by atoms with Crippen molar-refractivity contribution in [2.75, 3.05) is 18.5 Å². The topological polar surface area (TPSA) is 87.7 Å². The van der Waals surface area contributed by atoms with Crippen LogP contribution in [-0.4, -0.2) is 36.2 Å². The summed E-state index contributed by atoms with van der Waals surface area (Å²) >= 11 is 6.10. The molecule has 0 aliphatic carbocycles. The number of carboxylic acid groups (broad SMARTS) is 1. The molecule has 3 aromatic carbocycles. The van der Waals surface area contributed by atoms with E-state index in [1.165, 1.54) is 6.07 Å². The maximum absolute atomic E-state index is 12.9. The molecule has 0 heterocycles. The SMILES string of the molecule is CC(C)C(COc1ccc(-c2ccc(C(F)(F)F)cc2Cl)cc1)Nc1ccc(C(=O)NCCC(=O)O)cc1. The van der Waals surface area contributed by atoms with Crippen LogP contribution in [0.5, 0.6) is 5.75 Å². The largest absolute Gasteiger partial charge is 0.491 e. The summed E-state index contributed by atoms with van der Waals surface area (Å²) in [6.45, 7) is 4.48. The Balaban J connectivity index is 1.58. The molecule has 0 aliphatic heterocycles. The maximum Gasteiger partial charge on any atom is 0.416 e. The second-order valence-electron chi connectivity index (χ2n) is 9.00. The predicted molar refractivity (Wildman–Crippen MR) is 141 cm³/mol. The van der Waals surface area contributed by atoms with Crippen LogP contribution in [0, 0.1) is 5.92 Å². The molecule has 10 heteroatoms. The molecule has 202 valence electrons. The molecule has 0 saturated carbocycles. The van der Waals surface area contributed by atoms with E-state index < -0.39 is 17.7 Å². The Bertz CT molecular complexity index is 1250. The molecular formula is C28H28ClF3N2O4. The van der Waals surface area contributed by atoms with Crippen molar-refractivity contribution >= 4 is 29.2 Å². The van der Waals surface area contributed by atoms with E-state index in [0.29, 0.717) is 29.0 Å². The molecule has 0 aliphatic rings. The summed E-state index contributed by atoms with van der Waals surface area (Å²) in [6, 6.07) is 17.0. The fraction of sp³-hybridized carbons (Fsp3) is 0.286. The molecule has 1 unspecified atom stereocenters. The lowest BCUT2D eigenvalue weighted by atomic mass is 10.0. The Labute approximate surface area is 223 Å². The summed E-state index contributed by atoms with van der Waals surface area (Å²) in [5.74, 6) is -0.523. The first kappa shape index (κ1) is 28.8. The number of rotatable bonds is 11. The molecule has 6 nitrogen and oxygen atoms in total. The van der Waals surface area contributed by atoms with E-state index in [4.69, 9.17) is 21.4 Å². The molecule has 0 saturated heterocycles. The van der Waals surface area contributed by atoms with E-state index in [1.807, 2.05) is 13.8 Å². The number of carbonyl (C=O) groups excluding carboxylic acids is 1. The van der Waals surface area contributed by atoms with Crippen molar-refractivity contribution < 1.29 is 32.6 Å². The Morgan fingerprint density at radius 2 is 1.66 bits per heavy atom. The number of carbonyl (C=O) groups is 2. The Morgan fingerprint density at radius 3 is 2.21 bits per heavy atom. The number of ether oxygens (including phenoxy) is 1. The lowest BCUT2D eigenvalue weighted by Gasteiger charge is -2.24. The highest BCUT2D eigenvalue weighted by Crippen LogP contribution is 2.36. The number of halogens is 4. The monoisotopic (exact) mass is 548 g/mol. The van der Waals surface area contributed by atoms with Gasteiger partial charge in [0.25, 0.3) is 5.91 Å². The van der Waals surface area contributed by atoms with Gasteiger partial charge in [-0.2, -0.15) is 13.2 Å². The normalized spacial score (nSPS) is 12.2. The van der Waals surface area contributed by atoms with Crippen LogP contribution < -0.4 is 15.4 Å². The van der Waals surface area contributed by atoms with Crippen molar-refractivity contribution in [3.63, 3.8) is 0 Å². The molecule has 38 heavy (non-hydrogen) atoms. The third kappa shape index (κ3) is 8.14. The minimum absolute atomic E-state index is 0.0151. The van der Waals surface area contributed by atoms with Crippen LogP contribution in [0.1, 0.15) is 36.2 Å². The summed E-state index contributed by atoms with van der Waals surface area (Å²) in [4.78, 5) is 22.7. The van der Waals surface area contributed by atoms with Crippen molar-refractivity contribution in [1.82, 2.24) is 5.32 Å². The molecule has 0 bridgehead atoms. The summed E-state index contributed by atoms with van der Waals surface area (Å²) < 4.78 is 44.7. The van der Waals surface area contributed by atoms with E-state index in [9.17, 15) is 22.8 Å². The number of aliphatic carboxylic acids is 1. The van der Waals surface area contributed by atoms with Gasteiger partial charge in [0, 0.05) is 28.4 Å². The van der Waals surface area contributed by atoms with Gasteiger partial charge in [0.2, 0.25) is 0 Å². The van der Waals surface area contributed by atoms with Gasteiger partial charge in [0.1, 0.15) is 12.4 Å². The molecule has 3 aromatic rings. The maximum atomic E-state index is 12.9. The van der Waals surface area contributed by atoms with E-state index >= 15 is 0 Å². The first-order valence-corrected chi connectivity index (χ1v) is 12.3. The van der Waals surface area contributed by atoms with Crippen LogP contribution in [0.4, 0.5) is 18.9 Å². The number of nitrogens with one attached hydrogen (secondary N) is 2. The van der Waals surface area contributed by atoms with Gasteiger partial charge in [-0.3, -0.25) is 9.59 Å². The van der Waals surface area contributed by atoms with Crippen molar-refractivity contribution in [2.24, 2.45) is 5.92 Å². The predicted octanol–water partition coefficient (Wildman–Crippen LogP) is 6.75. The fourth-order valence-electron chi connectivity index (χ4n) is 3.56. The van der Waals surface area contributed by atoms with Gasteiger partial charge in [-0.05, 0) is 60.0 Å². The van der Waals surface area contributed by atoms with Gasteiger partial charge in [-0.15, -0.1) is 0 Å². The van der Waals surface area contributed by atoms with Gasteiger partial charge in [-0.25, -0.2) is 0 Å². The molecule has 1 amide bonds. The number of carboxylic acids is 1. The third-order valence-electron chi connectivity index (χ3n) is 5.82. The number of alkyl halides is 3. The quantitative estimate of drug-likeness (QED) is 0.247. The smallest absolute Gasteiger partial charge is 0.416 e. The summed E-state index contributed by atoms with van der Waals surface area (Å²) in [5, 5.41) is 14.6.